The third kappa shape index (κ3) is 7.67. The minimum absolute atomic E-state index is 0. The van der Waals surface area contributed by atoms with Crippen LogP contribution in [0.4, 0.5) is 0 Å². The average Bonchev–Trinajstić information content (AvgIpc) is 2.38. The van der Waals surface area contributed by atoms with Gasteiger partial charge in [0.15, 0.2) is 0 Å². The van der Waals surface area contributed by atoms with Crippen molar-refractivity contribution in [3.63, 3.8) is 0 Å². The molecule has 0 bridgehead atoms. The molecule has 1 aromatic rings. The van der Waals surface area contributed by atoms with Gasteiger partial charge < -0.3 is 11.5 Å². The molecule has 2 unspecified atom stereocenters. The summed E-state index contributed by atoms with van der Waals surface area (Å²) < 4.78 is 0. The molecule has 2 atom stereocenters. The zero-order valence-corrected chi connectivity index (χ0v) is 13.3. The number of halogens is 2. The SMILES string of the molecule is CCC(N)CC(CC(N)CC)c1cnccn1.Cl.Cl. The number of hydrogen-bond donors (Lipinski definition) is 2. The fourth-order valence-corrected chi connectivity index (χ4v) is 1.92. The molecule has 0 spiro atoms. The van der Waals surface area contributed by atoms with E-state index < -0.39 is 0 Å². The standard InChI is InChI=1S/C13H24N4.2ClH/c1-3-11(14)7-10(8-12(15)4-2)13-9-16-5-6-17-13;;/h5-6,9-12H,3-4,7-8,14-15H2,1-2H3;2*1H. The first-order valence-electron chi connectivity index (χ1n) is 6.44. The van der Waals surface area contributed by atoms with Gasteiger partial charge in [-0.25, -0.2) is 0 Å². The van der Waals surface area contributed by atoms with E-state index >= 15 is 0 Å². The predicted molar refractivity (Wildman–Crippen MR) is 85.0 cm³/mol. The van der Waals surface area contributed by atoms with Gasteiger partial charge in [0.25, 0.3) is 0 Å². The topological polar surface area (TPSA) is 77.8 Å². The lowest BCUT2D eigenvalue weighted by molar-refractivity contribution is 0.440. The molecule has 1 rings (SSSR count). The first kappa shape index (κ1) is 20.9. The van der Waals surface area contributed by atoms with Crippen LogP contribution in [0.15, 0.2) is 18.6 Å². The molecule has 0 aliphatic heterocycles. The molecule has 0 amide bonds. The number of hydrogen-bond acceptors (Lipinski definition) is 4. The molecule has 0 saturated carbocycles. The maximum absolute atomic E-state index is 6.04. The predicted octanol–water partition coefficient (Wildman–Crippen LogP) is 2.66. The summed E-state index contributed by atoms with van der Waals surface area (Å²) in [4.78, 5) is 8.51. The Bertz CT molecular complexity index is 299. The molecule has 4 nitrogen and oxygen atoms in total. The van der Waals surface area contributed by atoms with Crippen molar-refractivity contribution in [3.05, 3.63) is 24.3 Å². The molecule has 4 N–H and O–H groups in total. The lowest BCUT2D eigenvalue weighted by Crippen LogP contribution is -2.27. The van der Waals surface area contributed by atoms with Crippen molar-refractivity contribution < 1.29 is 0 Å². The van der Waals surface area contributed by atoms with Gasteiger partial charge in [0.2, 0.25) is 0 Å². The van der Waals surface area contributed by atoms with E-state index in [-0.39, 0.29) is 36.9 Å². The van der Waals surface area contributed by atoms with Crippen LogP contribution in [0.2, 0.25) is 0 Å². The van der Waals surface area contributed by atoms with Crippen LogP contribution >= 0.6 is 24.8 Å². The van der Waals surface area contributed by atoms with Gasteiger partial charge in [-0.1, -0.05) is 13.8 Å². The second-order valence-electron chi connectivity index (χ2n) is 4.64. The van der Waals surface area contributed by atoms with Gasteiger partial charge >= 0.3 is 0 Å². The van der Waals surface area contributed by atoms with Gasteiger partial charge in [-0.15, -0.1) is 24.8 Å². The summed E-state index contributed by atoms with van der Waals surface area (Å²) in [6.45, 7) is 4.22. The van der Waals surface area contributed by atoms with Crippen molar-refractivity contribution in [2.24, 2.45) is 11.5 Å². The normalized spacial score (nSPS) is 14.7. The van der Waals surface area contributed by atoms with Crippen molar-refractivity contribution >= 4 is 24.8 Å². The van der Waals surface area contributed by atoms with Gasteiger partial charge in [-0.2, -0.15) is 0 Å². The smallest absolute Gasteiger partial charge is 0.0618 e. The number of rotatable bonds is 7. The Hall–Kier alpha value is -0.420. The Morgan fingerprint density at radius 2 is 1.53 bits per heavy atom. The first-order valence-corrected chi connectivity index (χ1v) is 6.44. The summed E-state index contributed by atoms with van der Waals surface area (Å²) in [5.74, 6) is 0.327. The van der Waals surface area contributed by atoms with Gasteiger partial charge in [-0.3, -0.25) is 9.97 Å². The molecule has 6 heteroatoms. The van der Waals surface area contributed by atoms with Crippen LogP contribution in [0.25, 0.3) is 0 Å². The lowest BCUT2D eigenvalue weighted by atomic mass is 9.89. The summed E-state index contributed by atoms with van der Waals surface area (Å²) in [6, 6.07) is 0.428. The highest BCUT2D eigenvalue weighted by molar-refractivity contribution is 5.85. The van der Waals surface area contributed by atoms with Crippen LogP contribution in [-0.2, 0) is 0 Å². The Morgan fingerprint density at radius 3 is 1.89 bits per heavy atom. The summed E-state index contributed by atoms with van der Waals surface area (Å²) >= 11 is 0. The summed E-state index contributed by atoms with van der Waals surface area (Å²) in [5.41, 5.74) is 13.1. The monoisotopic (exact) mass is 308 g/mol. The van der Waals surface area contributed by atoms with Crippen molar-refractivity contribution in [1.82, 2.24) is 9.97 Å². The van der Waals surface area contributed by atoms with Crippen LogP contribution in [-0.4, -0.2) is 22.1 Å². The van der Waals surface area contributed by atoms with Crippen LogP contribution in [0.5, 0.6) is 0 Å². The highest BCUT2D eigenvalue weighted by atomic mass is 35.5. The molecule has 0 aliphatic rings. The molecule has 1 heterocycles. The van der Waals surface area contributed by atoms with Crippen LogP contribution in [0, 0.1) is 0 Å². The quantitative estimate of drug-likeness (QED) is 0.811. The fraction of sp³-hybridized carbons (Fsp3) is 0.692. The van der Waals surface area contributed by atoms with E-state index in [4.69, 9.17) is 11.5 Å². The molecule has 1 aromatic heterocycles. The average molecular weight is 309 g/mol. The van der Waals surface area contributed by atoms with E-state index in [1.807, 2.05) is 6.20 Å². The maximum atomic E-state index is 6.04. The molecule has 0 aromatic carbocycles. The molecule has 112 valence electrons. The molecule has 19 heavy (non-hydrogen) atoms. The second kappa shape index (κ2) is 11.4. The number of nitrogens with two attached hydrogens (primary N) is 2. The van der Waals surface area contributed by atoms with Crippen molar-refractivity contribution in [2.75, 3.05) is 0 Å². The molecular formula is C13H26Cl2N4. The molecule has 0 saturated heterocycles. The molecule has 0 fully saturated rings. The van der Waals surface area contributed by atoms with E-state index in [1.165, 1.54) is 0 Å². The zero-order chi connectivity index (χ0) is 12.7. The lowest BCUT2D eigenvalue weighted by Gasteiger charge is -2.22. The Labute approximate surface area is 128 Å². The first-order chi connectivity index (χ1) is 8.17. The summed E-state index contributed by atoms with van der Waals surface area (Å²) in [7, 11) is 0. The third-order valence-electron chi connectivity index (χ3n) is 3.22. The number of aromatic nitrogens is 2. The molecule has 0 aliphatic carbocycles. The van der Waals surface area contributed by atoms with E-state index in [0.717, 1.165) is 31.4 Å². The van der Waals surface area contributed by atoms with Gasteiger partial charge in [-0.05, 0) is 25.7 Å². The van der Waals surface area contributed by atoms with Gasteiger partial charge in [0, 0.05) is 36.6 Å². The Morgan fingerprint density at radius 1 is 1.00 bits per heavy atom. The van der Waals surface area contributed by atoms with E-state index in [0.29, 0.717) is 5.92 Å². The minimum atomic E-state index is 0. The number of nitrogens with zero attached hydrogens (tertiary/aromatic N) is 2. The highest BCUT2D eigenvalue weighted by Gasteiger charge is 2.18. The largest absolute Gasteiger partial charge is 0.328 e. The van der Waals surface area contributed by atoms with E-state index in [9.17, 15) is 0 Å². The van der Waals surface area contributed by atoms with Gasteiger partial charge in [0.05, 0.1) is 5.69 Å². The van der Waals surface area contributed by atoms with Crippen LogP contribution in [0.3, 0.4) is 0 Å². The molecule has 0 radical (unpaired) electrons. The maximum Gasteiger partial charge on any atom is 0.0618 e. The minimum Gasteiger partial charge on any atom is -0.328 e. The third-order valence-corrected chi connectivity index (χ3v) is 3.22. The van der Waals surface area contributed by atoms with Crippen molar-refractivity contribution in [3.8, 4) is 0 Å². The van der Waals surface area contributed by atoms with E-state index in [2.05, 4.69) is 23.8 Å². The molecular weight excluding hydrogens is 283 g/mol. The second-order valence-corrected chi connectivity index (χ2v) is 4.64. The van der Waals surface area contributed by atoms with Crippen LogP contribution < -0.4 is 11.5 Å². The highest BCUT2D eigenvalue weighted by Crippen LogP contribution is 2.24. The summed E-state index contributed by atoms with van der Waals surface area (Å²) in [5, 5.41) is 0. The van der Waals surface area contributed by atoms with E-state index in [1.54, 1.807) is 12.4 Å². The zero-order valence-electron chi connectivity index (χ0n) is 11.7. The van der Waals surface area contributed by atoms with Crippen molar-refractivity contribution in [2.45, 2.75) is 57.5 Å². The van der Waals surface area contributed by atoms with Gasteiger partial charge in [0.1, 0.15) is 0 Å². The van der Waals surface area contributed by atoms with Crippen LogP contribution in [0.1, 0.15) is 51.1 Å². The van der Waals surface area contributed by atoms with Crippen molar-refractivity contribution in [1.29, 1.82) is 0 Å². The Kier molecular flexibility index (Phi) is 12.5. The fourth-order valence-electron chi connectivity index (χ4n) is 1.92. The Balaban J connectivity index is 0. The summed E-state index contributed by atoms with van der Waals surface area (Å²) in [6.07, 6.45) is 9.09.